The van der Waals surface area contributed by atoms with Crippen LogP contribution in [0.4, 0.5) is 10.1 Å². The molecule has 29 heavy (non-hydrogen) atoms. The normalized spacial score (nSPS) is 36.4. The number of rotatable bonds is 4. The molecule has 1 saturated carbocycles. The Morgan fingerprint density at radius 1 is 1.34 bits per heavy atom. The first-order valence-corrected chi connectivity index (χ1v) is 10.9. The van der Waals surface area contributed by atoms with Crippen LogP contribution in [0.15, 0.2) is 42.0 Å². The minimum Gasteiger partial charge on any atom is -0.395 e. The summed E-state index contributed by atoms with van der Waals surface area (Å²) < 4.78 is 15.2. The maximum Gasteiger partial charge on any atom is 0.250 e. The molecule has 2 fully saturated rings. The standard InChI is InChI=1S/C22H23Cl2FN2O2/c23-13-6-7-16-19(8-13)26-21(29)22(16)17(15-2-1-3-18(24)20(15)25)9-14(11-28)27(22)10-12-4-5-12/h1-3,6-8,12,14,17-18,20,28H,4-5,9-11H2,(H,26,29)/t14-,17-,18?,20?,22-/m1/s1. The van der Waals surface area contributed by atoms with Gasteiger partial charge in [0.25, 0.3) is 0 Å². The van der Waals surface area contributed by atoms with Crippen molar-refractivity contribution in [2.24, 2.45) is 11.8 Å². The van der Waals surface area contributed by atoms with Crippen molar-refractivity contribution in [2.75, 3.05) is 18.5 Å². The Kier molecular flexibility index (Phi) is 4.78. The number of likely N-dealkylation sites (tertiary alicyclic amines) is 1. The lowest BCUT2D eigenvalue weighted by Crippen LogP contribution is -2.54. The van der Waals surface area contributed by atoms with E-state index in [9.17, 15) is 9.90 Å². The van der Waals surface area contributed by atoms with Gasteiger partial charge >= 0.3 is 0 Å². The summed E-state index contributed by atoms with van der Waals surface area (Å²) in [5.74, 6) is -0.0850. The van der Waals surface area contributed by atoms with Gasteiger partial charge < -0.3 is 10.4 Å². The first-order chi connectivity index (χ1) is 14.0. The molecule has 1 aromatic carbocycles. The first-order valence-electron chi connectivity index (χ1n) is 10.1. The molecule has 0 aromatic heterocycles. The Balaban J connectivity index is 1.70. The van der Waals surface area contributed by atoms with Crippen LogP contribution in [0.3, 0.4) is 0 Å². The number of alkyl halides is 2. The van der Waals surface area contributed by atoms with Crippen LogP contribution in [-0.4, -0.2) is 46.7 Å². The molecular weight excluding hydrogens is 414 g/mol. The molecule has 4 nitrogen and oxygen atoms in total. The quantitative estimate of drug-likeness (QED) is 0.700. The highest BCUT2D eigenvalue weighted by atomic mass is 35.5. The first kappa shape index (κ1) is 19.6. The number of nitrogens with one attached hydrogen (secondary N) is 1. The molecule has 1 aromatic rings. The van der Waals surface area contributed by atoms with E-state index in [1.165, 1.54) is 0 Å². The van der Waals surface area contributed by atoms with Crippen molar-refractivity contribution in [3.05, 3.63) is 52.6 Å². The van der Waals surface area contributed by atoms with E-state index in [1.807, 2.05) is 6.07 Å². The van der Waals surface area contributed by atoms with Gasteiger partial charge in [-0.1, -0.05) is 35.9 Å². The largest absolute Gasteiger partial charge is 0.395 e. The van der Waals surface area contributed by atoms with Crippen LogP contribution in [0.25, 0.3) is 0 Å². The molecule has 154 valence electrons. The van der Waals surface area contributed by atoms with Crippen molar-refractivity contribution in [1.29, 1.82) is 0 Å². The molecule has 5 atom stereocenters. The van der Waals surface area contributed by atoms with Crippen LogP contribution in [0.2, 0.25) is 5.02 Å². The third-order valence-electron chi connectivity index (χ3n) is 6.84. The molecule has 1 amide bonds. The highest BCUT2D eigenvalue weighted by molar-refractivity contribution is 6.31. The molecule has 1 spiro atoms. The zero-order valence-electron chi connectivity index (χ0n) is 15.8. The molecule has 4 aliphatic rings. The molecule has 2 N–H and O–H groups in total. The van der Waals surface area contributed by atoms with Gasteiger partial charge in [0.15, 0.2) is 0 Å². The van der Waals surface area contributed by atoms with Gasteiger partial charge in [-0.3, -0.25) is 9.69 Å². The van der Waals surface area contributed by atoms with Gasteiger partial charge in [0.1, 0.15) is 11.7 Å². The Hall–Kier alpha value is -1.40. The fourth-order valence-electron chi connectivity index (χ4n) is 5.36. The number of carbonyl (C=O) groups excluding carboxylic acids is 1. The fourth-order valence-corrected chi connectivity index (χ4v) is 5.76. The molecule has 2 heterocycles. The number of aliphatic hydroxyl groups excluding tert-OH is 1. The summed E-state index contributed by atoms with van der Waals surface area (Å²) in [5.41, 5.74) is 0.939. The number of carbonyl (C=O) groups is 1. The second kappa shape index (κ2) is 7.09. The van der Waals surface area contributed by atoms with Gasteiger partial charge in [0.2, 0.25) is 5.91 Å². The Bertz CT molecular complexity index is 916. The summed E-state index contributed by atoms with van der Waals surface area (Å²) in [6.07, 6.45) is 6.52. The summed E-state index contributed by atoms with van der Waals surface area (Å²) in [7, 11) is 0. The van der Waals surface area contributed by atoms with E-state index in [2.05, 4.69) is 10.2 Å². The average Bonchev–Trinajstić information content (AvgIpc) is 3.39. The van der Waals surface area contributed by atoms with Crippen molar-refractivity contribution in [3.8, 4) is 0 Å². The number of amides is 1. The molecule has 2 aliphatic carbocycles. The monoisotopic (exact) mass is 436 g/mol. The smallest absolute Gasteiger partial charge is 0.250 e. The van der Waals surface area contributed by atoms with Crippen molar-refractivity contribution < 1.29 is 14.3 Å². The lowest BCUT2D eigenvalue weighted by atomic mass is 9.73. The number of allylic oxidation sites excluding steroid dienone is 3. The minimum atomic E-state index is -1.37. The van der Waals surface area contributed by atoms with Gasteiger partial charge in [-0.2, -0.15) is 0 Å². The number of benzene rings is 1. The minimum absolute atomic E-state index is 0.0778. The number of hydrogen-bond acceptors (Lipinski definition) is 3. The summed E-state index contributed by atoms with van der Waals surface area (Å²) in [6, 6.07) is 5.16. The Labute approximate surface area is 179 Å². The number of hydrogen-bond donors (Lipinski definition) is 2. The molecule has 2 aliphatic heterocycles. The second-order valence-electron chi connectivity index (χ2n) is 8.53. The third kappa shape index (κ3) is 2.89. The van der Waals surface area contributed by atoms with Gasteiger partial charge in [-0.15, -0.1) is 11.6 Å². The summed E-state index contributed by atoms with van der Waals surface area (Å²) >= 11 is 12.4. The highest BCUT2D eigenvalue weighted by Crippen LogP contribution is 2.57. The van der Waals surface area contributed by atoms with Gasteiger partial charge in [-0.05, 0) is 42.9 Å². The zero-order chi connectivity index (χ0) is 20.3. The number of anilines is 1. The lowest BCUT2D eigenvalue weighted by molar-refractivity contribution is -0.129. The highest BCUT2D eigenvalue weighted by Gasteiger charge is 2.64. The Morgan fingerprint density at radius 3 is 2.86 bits per heavy atom. The topological polar surface area (TPSA) is 52.6 Å². The van der Waals surface area contributed by atoms with Crippen LogP contribution < -0.4 is 5.32 Å². The number of aliphatic hydroxyl groups is 1. The predicted molar refractivity (Wildman–Crippen MR) is 112 cm³/mol. The molecular formula is C22H23Cl2FN2O2. The zero-order valence-corrected chi connectivity index (χ0v) is 17.3. The molecule has 5 rings (SSSR count). The van der Waals surface area contributed by atoms with E-state index < -0.39 is 23.0 Å². The van der Waals surface area contributed by atoms with E-state index in [0.717, 1.165) is 18.4 Å². The molecule has 7 heteroatoms. The summed E-state index contributed by atoms with van der Waals surface area (Å²) in [5, 5.41) is 12.9. The van der Waals surface area contributed by atoms with Crippen LogP contribution in [0, 0.1) is 11.8 Å². The lowest BCUT2D eigenvalue weighted by Gasteiger charge is -2.41. The van der Waals surface area contributed by atoms with E-state index in [0.29, 0.717) is 35.2 Å². The summed E-state index contributed by atoms with van der Waals surface area (Å²) in [4.78, 5) is 15.7. The molecule has 2 unspecified atom stereocenters. The van der Waals surface area contributed by atoms with Crippen molar-refractivity contribution >= 4 is 34.8 Å². The number of halogens is 3. The van der Waals surface area contributed by atoms with E-state index in [-0.39, 0.29) is 18.6 Å². The van der Waals surface area contributed by atoms with E-state index in [4.69, 9.17) is 23.2 Å². The van der Waals surface area contributed by atoms with Crippen LogP contribution >= 0.6 is 23.2 Å². The van der Waals surface area contributed by atoms with E-state index in [1.54, 1.807) is 30.4 Å². The number of nitrogens with zero attached hydrogens (tertiary/aromatic N) is 1. The Morgan fingerprint density at radius 2 is 2.14 bits per heavy atom. The fraction of sp³-hybridized carbons (Fsp3) is 0.500. The van der Waals surface area contributed by atoms with Crippen LogP contribution in [-0.2, 0) is 10.3 Å². The SMILES string of the molecule is O=C1Nc2cc(Cl)ccc2[C@@]12[C@@H](C1=CC=CC(Cl)C1F)C[C@H](CO)N2CC1CC1. The van der Waals surface area contributed by atoms with Crippen LogP contribution in [0.1, 0.15) is 24.8 Å². The second-order valence-corrected chi connectivity index (χ2v) is 9.47. The van der Waals surface area contributed by atoms with Gasteiger partial charge in [0.05, 0.1) is 12.0 Å². The van der Waals surface area contributed by atoms with Gasteiger partial charge in [-0.25, -0.2) is 4.39 Å². The van der Waals surface area contributed by atoms with E-state index >= 15 is 4.39 Å². The van der Waals surface area contributed by atoms with Crippen molar-refractivity contribution in [3.63, 3.8) is 0 Å². The van der Waals surface area contributed by atoms with Crippen molar-refractivity contribution in [1.82, 2.24) is 4.90 Å². The number of fused-ring (bicyclic) bond motifs is 2. The van der Waals surface area contributed by atoms with Gasteiger partial charge in [0, 0.05) is 34.8 Å². The van der Waals surface area contributed by atoms with Crippen LogP contribution in [0.5, 0.6) is 0 Å². The molecule has 0 bridgehead atoms. The predicted octanol–water partition coefficient (Wildman–Crippen LogP) is 4.02. The third-order valence-corrected chi connectivity index (χ3v) is 7.44. The summed E-state index contributed by atoms with van der Waals surface area (Å²) in [6.45, 7) is 0.632. The van der Waals surface area contributed by atoms with Crippen molar-refractivity contribution in [2.45, 2.75) is 42.4 Å². The maximum absolute atomic E-state index is 15.2. The molecule has 0 radical (unpaired) electrons. The molecule has 1 saturated heterocycles. The average molecular weight is 437 g/mol. The maximum atomic E-state index is 15.2.